The Bertz CT molecular complexity index is 2110. The Morgan fingerprint density at radius 2 is 1.96 bits per heavy atom. The van der Waals surface area contributed by atoms with E-state index in [1.165, 1.54) is 14.2 Å². The van der Waals surface area contributed by atoms with Crippen molar-refractivity contribution in [2.75, 3.05) is 41.0 Å². The molecule has 1 unspecified atom stereocenters. The number of carbonyl (C=O) groups excluding carboxylic acids is 2. The summed E-state index contributed by atoms with van der Waals surface area (Å²) in [6.07, 6.45) is 3.16. The lowest BCUT2D eigenvalue weighted by Gasteiger charge is -2.30. The van der Waals surface area contributed by atoms with Crippen molar-refractivity contribution in [3.63, 3.8) is 0 Å². The number of fused-ring (bicyclic) bond motifs is 6. The summed E-state index contributed by atoms with van der Waals surface area (Å²) in [5, 5.41) is 8.40. The molecular weight excluding hydrogens is 650 g/mol. The molecule has 3 aromatic carbocycles. The summed E-state index contributed by atoms with van der Waals surface area (Å²) in [4.78, 5) is 44.2. The van der Waals surface area contributed by atoms with E-state index in [2.05, 4.69) is 63.1 Å². The maximum absolute atomic E-state index is 13.7. The van der Waals surface area contributed by atoms with Crippen molar-refractivity contribution in [1.82, 2.24) is 35.5 Å². The van der Waals surface area contributed by atoms with Crippen LogP contribution in [0.4, 0.5) is 4.79 Å². The fraction of sp³-hybridized carbons (Fsp3) is 0.421. The van der Waals surface area contributed by atoms with Crippen LogP contribution >= 0.6 is 0 Å². The number of nitrogens with zero attached hydrogens (tertiary/aromatic N) is 3. The molecule has 5 atom stereocenters. The van der Waals surface area contributed by atoms with Crippen LogP contribution in [0.5, 0.6) is 5.75 Å². The molecule has 0 aliphatic carbocycles. The summed E-state index contributed by atoms with van der Waals surface area (Å²) in [5.41, 5.74) is 7.07. The van der Waals surface area contributed by atoms with Crippen LogP contribution in [0.15, 0.2) is 48.7 Å². The minimum absolute atomic E-state index is 0.181. The van der Waals surface area contributed by atoms with Gasteiger partial charge in [-0.15, -0.1) is 0 Å². The lowest BCUT2D eigenvalue weighted by Crippen LogP contribution is -2.54. The summed E-state index contributed by atoms with van der Waals surface area (Å²) in [6.45, 7) is 4.41. The normalized spacial score (nSPS) is 20.9. The molecule has 2 fully saturated rings. The number of aromatic nitrogens is 4. The zero-order valence-electron chi connectivity index (χ0n) is 29.2. The van der Waals surface area contributed by atoms with Gasteiger partial charge in [-0.05, 0) is 78.4 Å². The second-order valence-corrected chi connectivity index (χ2v) is 13.8. The number of hydrogen-bond acceptors (Lipinski definition) is 9. The number of aromatic amines is 2. The van der Waals surface area contributed by atoms with Gasteiger partial charge >= 0.3 is 6.09 Å². The van der Waals surface area contributed by atoms with Crippen LogP contribution in [0, 0.1) is 5.92 Å². The predicted molar refractivity (Wildman–Crippen MR) is 191 cm³/mol. The minimum atomic E-state index is -0.885. The summed E-state index contributed by atoms with van der Waals surface area (Å²) in [5.74, 6) is 2.76. The maximum atomic E-state index is 13.7. The van der Waals surface area contributed by atoms with Gasteiger partial charge in [0, 0.05) is 38.3 Å². The van der Waals surface area contributed by atoms with Gasteiger partial charge in [-0.2, -0.15) is 0 Å². The number of likely N-dealkylation sites (tertiary alicyclic amines) is 1. The molecule has 8 rings (SSSR count). The lowest BCUT2D eigenvalue weighted by atomic mass is 9.92. The Labute approximate surface area is 295 Å². The summed E-state index contributed by atoms with van der Waals surface area (Å²) in [7, 11) is 4.53. The lowest BCUT2D eigenvalue weighted by molar-refractivity contribution is -0.137. The highest BCUT2D eigenvalue weighted by Gasteiger charge is 2.39. The first-order valence-corrected chi connectivity index (χ1v) is 17.5. The van der Waals surface area contributed by atoms with Gasteiger partial charge in [0.25, 0.3) is 0 Å². The van der Waals surface area contributed by atoms with Crippen molar-refractivity contribution in [2.24, 2.45) is 5.92 Å². The smallest absolute Gasteiger partial charge is 0.407 e. The molecule has 5 heterocycles. The number of alkyl carbamates (subject to hydrolysis) is 1. The van der Waals surface area contributed by atoms with Gasteiger partial charge in [-0.1, -0.05) is 18.2 Å². The Morgan fingerprint density at radius 1 is 1.08 bits per heavy atom. The number of hydrogen-bond donors (Lipinski definition) is 4. The predicted octanol–water partition coefficient (Wildman–Crippen LogP) is 5.39. The van der Waals surface area contributed by atoms with Crippen molar-refractivity contribution in [2.45, 2.75) is 57.0 Å². The molecule has 51 heavy (non-hydrogen) atoms. The molecule has 2 saturated heterocycles. The fourth-order valence-electron chi connectivity index (χ4n) is 7.87. The number of ether oxygens (including phenoxy) is 4. The quantitative estimate of drug-likeness (QED) is 0.159. The van der Waals surface area contributed by atoms with E-state index in [1.54, 1.807) is 18.9 Å². The number of nitrogens with one attached hydrogen (secondary N) is 4. The first-order chi connectivity index (χ1) is 24.8. The number of benzene rings is 3. The molecule has 0 spiro atoms. The third-order valence-electron chi connectivity index (χ3n) is 10.6. The molecule has 2 aromatic heterocycles. The number of H-pyrrole nitrogens is 2. The SMILES string of the molecule is COC[C@@H]1CN[C@H](c2nc3c(ccc4cc5c(cc43)OCc3cc(-c4cnc([C@@H]6CCCN6C(=O)C(NC(=O)OC)[C@@H](C)OC)[nH]4)ccc3-5)[nH]2)C1. The van der Waals surface area contributed by atoms with Crippen LogP contribution in [0.1, 0.15) is 55.5 Å². The van der Waals surface area contributed by atoms with Gasteiger partial charge in [0.2, 0.25) is 5.91 Å². The van der Waals surface area contributed by atoms with Crippen LogP contribution < -0.4 is 15.4 Å². The van der Waals surface area contributed by atoms with Gasteiger partial charge in [-0.25, -0.2) is 14.8 Å². The van der Waals surface area contributed by atoms with Crippen molar-refractivity contribution in [3.8, 4) is 28.1 Å². The largest absolute Gasteiger partial charge is 0.488 e. The molecule has 2 amide bonds. The van der Waals surface area contributed by atoms with Crippen molar-refractivity contribution < 1.29 is 28.5 Å². The number of methoxy groups -OCH3 is 3. The average molecular weight is 694 g/mol. The summed E-state index contributed by atoms with van der Waals surface area (Å²) < 4.78 is 21.9. The van der Waals surface area contributed by atoms with Gasteiger partial charge in [0.1, 0.15) is 30.0 Å². The third-order valence-corrected chi connectivity index (χ3v) is 10.6. The maximum Gasteiger partial charge on any atom is 0.407 e. The second-order valence-electron chi connectivity index (χ2n) is 13.8. The van der Waals surface area contributed by atoms with Crippen molar-refractivity contribution in [3.05, 3.63) is 65.9 Å². The monoisotopic (exact) mass is 693 g/mol. The molecule has 13 nitrogen and oxygen atoms in total. The number of imidazole rings is 2. The number of carbonyl (C=O) groups is 2. The molecule has 0 bridgehead atoms. The van der Waals surface area contributed by atoms with Crippen LogP contribution in [0.2, 0.25) is 0 Å². The van der Waals surface area contributed by atoms with Crippen LogP contribution in [0.3, 0.4) is 0 Å². The van der Waals surface area contributed by atoms with E-state index in [0.717, 1.165) is 93.7 Å². The molecular formula is C38H43N7O6. The van der Waals surface area contributed by atoms with E-state index >= 15 is 0 Å². The topological polar surface area (TPSA) is 156 Å². The molecule has 4 N–H and O–H groups in total. The Balaban J connectivity index is 1.03. The summed E-state index contributed by atoms with van der Waals surface area (Å²) in [6, 6.07) is 14.0. The van der Waals surface area contributed by atoms with E-state index in [1.807, 2.05) is 6.20 Å². The number of amides is 2. The van der Waals surface area contributed by atoms with E-state index in [0.29, 0.717) is 24.9 Å². The van der Waals surface area contributed by atoms with Crippen molar-refractivity contribution in [1.29, 1.82) is 0 Å². The first-order valence-electron chi connectivity index (χ1n) is 17.5. The van der Waals surface area contributed by atoms with E-state index in [9.17, 15) is 9.59 Å². The van der Waals surface area contributed by atoms with Gasteiger partial charge in [-0.3, -0.25) is 4.79 Å². The highest BCUT2D eigenvalue weighted by molar-refractivity contribution is 6.07. The third kappa shape index (κ3) is 6.08. The zero-order chi connectivity index (χ0) is 35.2. The van der Waals surface area contributed by atoms with Crippen LogP contribution in [-0.4, -0.2) is 90.0 Å². The van der Waals surface area contributed by atoms with E-state index < -0.39 is 18.2 Å². The average Bonchev–Trinajstić information content (AvgIpc) is 3.98. The van der Waals surface area contributed by atoms with Crippen molar-refractivity contribution >= 4 is 33.8 Å². The van der Waals surface area contributed by atoms with E-state index in [4.69, 9.17) is 28.9 Å². The molecule has 3 aliphatic rings. The van der Waals surface area contributed by atoms with Crippen LogP contribution in [0.25, 0.3) is 44.2 Å². The van der Waals surface area contributed by atoms with Crippen LogP contribution in [-0.2, 0) is 25.6 Å². The first kappa shape index (κ1) is 33.2. The Hall–Kier alpha value is -4.98. The molecule has 266 valence electrons. The number of rotatable bonds is 9. The van der Waals surface area contributed by atoms with Gasteiger partial charge in [0.05, 0.1) is 54.8 Å². The second kappa shape index (κ2) is 13.6. The fourth-order valence-corrected chi connectivity index (χ4v) is 7.87. The van der Waals surface area contributed by atoms with E-state index in [-0.39, 0.29) is 18.0 Å². The molecule has 3 aliphatic heterocycles. The highest BCUT2D eigenvalue weighted by atomic mass is 16.5. The molecule has 0 saturated carbocycles. The summed E-state index contributed by atoms with van der Waals surface area (Å²) >= 11 is 0. The highest BCUT2D eigenvalue weighted by Crippen LogP contribution is 2.43. The van der Waals surface area contributed by atoms with Gasteiger partial charge in [0.15, 0.2) is 0 Å². The Kier molecular flexibility index (Phi) is 8.86. The molecule has 13 heteroatoms. The van der Waals surface area contributed by atoms with Gasteiger partial charge < -0.3 is 44.4 Å². The Morgan fingerprint density at radius 3 is 2.78 bits per heavy atom. The molecule has 5 aromatic rings. The minimum Gasteiger partial charge on any atom is -0.488 e. The standard InChI is InChI=1S/C38H43N7O6/c1-20(49-3)33(44-38(47)50-4)37(46)45-11-5-6-31(45)36-40-17-30(42-36)23-7-9-25-24(13-23)19-51-32-15-26-22(14-27(25)32)8-10-28-34(26)43-35(41-28)29-12-21(16-39-29)18-48-2/h7-10,13-15,17,20-21,29,31,33,39H,5-6,11-12,16,18-19H2,1-4H3,(H,40,42)(H,41,43)(H,44,47)/t20-,21+,29+,31+,33?/m1/s1. The zero-order valence-corrected chi connectivity index (χ0v) is 29.2. The molecule has 0 radical (unpaired) electrons.